The SMILES string of the molecule is [C-]#[N+]C1(CC=C)CC=CCC2(C)CCCC=C21. The van der Waals surface area contributed by atoms with Crippen LogP contribution in [0.15, 0.2) is 36.5 Å². The lowest BCUT2D eigenvalue weighted by Crippen LogP contribution is -2.36. The van der Waals surface area contributed by atoms with E-state index in [0.29, 0.717) is 0 Å². The molecule has 0 aliphatic heterocycles. The van der Waals surface area contributed by atoms with Crippen molar-refractivity contribution in [2.45, 2.75) is 51.0 Å². The Labute approximate surface area is 105 Å². The Balaban J connectivity index is 2.50. The third-order valence-electron chi connectivity index (χ3n) is 4.32. The normalized spacial score (nSPS) is 36.4. The first kappa shape index (κ1) is 12.2. The van der Waals surface area contributed by atoms with E-state index in [-0.39, 0.29) is 11.0 Å². The van der Waals surface area contributed by atoms with Gasteiger partial charge in [0.05, 0.1) is 0 Å². The first-order valence-electron chi connectivity index (χ1n) is 6.52. The van der Waals surface area contributed by atoms with E-state index in [1.54, 1.807) is 0 Å². The summed E-state index contributed by atoms with van der Waals surface area (Å²) in [6, 6.07) is 0. The maximum Gasteiger partial charge on any atom is 0.260 e. The summed E-state index contributed by atoms with van der Waals surface area (Å²) in [5.41, 5.74) is 1.25. The molecule has 0 N–H and O–H groups in total. The van der Waals surface area contributed by atoms with Gasteiger partial charge in [0.1, 0.15) is 0 Å². The molecule has 2 rings (SSSR count). The van der Waals surface area contributed by atoms with Crippen molar-refractivity contribution in [1.82, 2.24) is 0 Å². The first-order valence-corrected chi connectivity index (χ1v) is 6.52. The second kappa shape index (κ2) is 4.53. The van der Waals surface area contributed by atoms with Crippen molar-refractivity contribution in [1.29, 1.82) is 0 Å². The summed E-state index contributed by atoms with van der Waals surface area (Å²) >= 11 is 0. The van der Waals surface area contributed by atoms with E-state index in [9.17, 15) is 0 Å². The van der Waals surface area contributed by atoms with Crippen molar-refractivity contribution in [2.75, 3.05) is 0 Å². The molecule has 0 saturated carbocycles. The van der Waals surface area contributed by atoms with Crippen LogP contribution in [0.1, 0.15) is 45.4 Å². The average molecular weight is 227 g/mol. The largest absolute Gasteiger partial charge is 0.305 e. The van der Waals surface area contributed by atoms with Gasteiger partial charge in [-0.25, -0.2) is 6.57 Å². The predicted molar refractivity (Wildman–Crippen MR) is 72.6 cm³/mol. The van der Waals surface area contributed by atoms with Crippen LogP contribution in [0.5, 0.6) is 0 Å². The Bertz CT molecular complexity index is 410. The van der Waals surface area contributed by atoms with E-state index >= 15 is 0 Å². The molecule has 90 valence electrons. The molecule has 0 bridgehead atoms. The van der Waals surface area contributed by atoms with E-state index < -0.39 is 0 Å². The van der Waals surface area contributed by atoms with Gasteiger partial charge in [0.25, 0.3) is 5.54 Å². The minimum absolute atomic E-state index is 0.207. The second-order valence-corrected chi connectivity index (χ2v) is 5.59. The summed E-state index contributed by atoms with van der Waals surface area (Å²) in [4.78, 5) is 4.02. The number of hydrogen-bond donors (Lipinski definition) is 0. The Morgan fingerprint density at radius 1 is 1.47 bits per heavy atom. The minimum Gasteiger partial charge on any atom is -0.305 e. The quantitative estimate of drug-likeness (QED) is 0.476. The van der Waals surface area contributed by atoms with Gasteiger partial charge in [-0.3, -0.25) is 0 Å². The molecule has 0 aromatic heterocycles. The zero-order valence-electron chi connectivity index (χ0n) is 10.7. The summed E-state index contributed by atoms with van der Waals surface area (Å²) < 4.78 is 0. The van der Waals surface area contributed by atoms with E-state index in [2.05, 4.69) is 36.6 Å². The Hall–Kier alpha value is -1.29. The molecule has 0 aromatic carbocycles. The number of hydrogen-bond acceptors (Lipinski definition) is 0. The van der Waals surface area contributed by atoms with Crippen LogP contribution >= 0.6 is 0 Å². The summed E-state index contributed by atoms with van der Waals surface area (Å²) in [5.74, 6) is 0. The topological polar surface area (TPSA) is 4.36 Å². The molecule has 0 amide bonds. The summed E-state index contributed by atoms with van der Waals surface area (Å²) in [6.07, 6.45) is 15.1. The molecule has 0 saturated heterocycles. The van der Waals surface area contributed by atoms with Gasteiger partial charge >= 0.3 is 0 Å². The Morgan fingerprint density at radius 3 is 2.94 bits per heavy atom. The maximum atomic E-state index is 7.66. The molecule has 0 heterocycles. The van der Waals surface area contributed by atoms with E-state index in [1.807, 2.05) is 6.08 Å². The van der Waals surface area contributed by atoms with Gasteiger partial charge in [-0.05, 0) is 31.1 Å². The van der Waals surface area contributed by atoms with E-state index in [1.165, 1.54) is 18.4 Å². The van der Waals surface area contributed by atoms with Crippen molar-refractivity contribution in [3.8, 4) is 0 Å². The molecule has 2 atom stereocenters. The molecule has 2 unspecified atom stereocenters. The molecule has 1 nitrogen and oxygen atoms in total. The first-order chi connectivity index (χ1) is 8.17. The van der Waals surface area contributed by atoms with Gasteiger partial charge in [0, 0.05) is 18.4 Å². The fourth-order valence-corrected chi connectivity index (χ4v) is 3.40. The number of allylic oxidation sites excluding steroid dienone is 2. The van der Waals surface area contributed by atoms with Crippen molar-refractivity contribution in [3.63, 3.8) is 0 Å². The van der Waals surface area contributed by atoms with Crippen LogP contribution in [0.3, 0.4) is 0 Å². The van der Waals surface area contributed by atoms with Crippen molar-refractivity contribution in [2.24, 2.45) is 5.41 Å². The minimum atomic E-state index is -0.343. The smallest absolute Gasteiger partial charge is 0.260 e. The summed E-state index contributed by atoms with van der Waals surface area (Å²) in [5, 5.41) is 0. The van der Waals surface area contributed by atoms with Crippen molar-refractivity contribution in [3.05, 3.63) is 47.9 Å². The van der Waals surface area contributed by atoms with Gasteiger partial charge in [0.15, 0.2) is 0 Å². The van der Waals surface area contributed by atoms with Crippen LogP contribution in [0, 0.1) is 12.0 Å². The van der Waals surface area contributed by atoms with Gasteiger partial charge in [-0.2, -0.15) is 0 Å². The highest BCUT2D eigenvalue weighted by molar-refractivity contribution is 5.37. The highest BCUT2D eigenvalue weighted by atomic mass is 14.8. The predicted octanol–water partition coefficient (Wildman–Crippen LogP) is 4.69. The maximum absolute atomic E-state index is 7.66. The summed E-state index contributed by atoms with van der Waals surface area (Å²) in [7, 11) is 0. The molecular formula is C16H21N. The van der Waals surface area contributed by atoms with Gasteiger partial charge in [0.2, 0.25) is 0 Å². The molecule has 0 radical (unpaired) electrons. The fraction of sp³-hybridized carbons (Fsp3) is 0.562. The zero-order chi connectivity index (χ0) is 12.4. The van der Waals surface area contributed by atoms with Crippen LogP contribution in [0.25, 0.3) is 4.85 Å². The highest BCUT2D eigenvalue weighted by Gasteiger charge is 2.48. The van der Waals surface area contributed by atoms with Crippen LogP contribution < -0.4 is 0 Å². The molecule has 17 heavy (non-hydrogen) atoms. The van der Waals surface area contributed by atoms with Crippen LogP contribution in [0.2, 0.25) is 0 Å². The van der Waals surface area contributed by atoms with Crippen molar-refractivity contribution < 1.29 is 0 Å². The third kappa shape index (κ3) is 1.97. The lowest BCUT2D eigenvalue weighted by molar-refractivity contribution is 0.305. The fourth-order valence-electron chi connectivity index (χ4n) is 3.40. The van der Waals surface area contributed by atoms with Crippen LogP contribution in [-0.4, -0.2) is 5.54 Å². The van der Waals surface area contributed by atoms with Crippen LogP contribution in [0.4, 0.5) is 0 Å². The summed E-state index contributed by atoms with van der Waals surface area (Å²) in [6.45, 7) is 13.8. The third-order valence-corrected chi connectivity index (χ3v) is 4.32. The van der Waals surface area contributed by atoms with E-state index in [4.69, 9.17) is 6.57 Å². The molecule has 0 fully saturated rings. The van der Waals surface area contributed by atoms with E-state index in [0.717, 1.165) is 25.7 Å². The molecule has 0 aromatic rings. The number of fused-ring (bicyclic) bond motifs is 1. The molecular weight excluding hydrogens is 206 g/mol. The highest BCUT2D eigenvalue weighted by Crippen LogP contribution is 2.51. The molecule has 1 heteroatoms. The van der Waals surface area contributed by atoms with Gasteiger partial charge in [-0.1, -0.05) is 31.2 Å². The zero-order valence-corrected chi connectivity index (χ0v) is 10.7. The number of rotatable bonds is 2. The lowest BCUT2D eigenvalue weighted by atomic mass is 9.64. The standard InChI is InChI=1S/C16H21N/c1-4-10-16(17-3)13-8-7-12-15(2)11-6-5-9-14(15)16/h4,7-9H,1,5-6,10-13H2,2H3. The average Bonchev–Trinajstić information content (AvgIpc) is 2.48. The Kier molecular flexibility index (Phi) is 3.24. The monoisotopic (exact) mass is 227 g/mol. The second-order valence-electron chi connectivity index (χ2n) is 5.59. The van der Waals surface area contributed by atoms with Crippen LogP contribution in [-0.2, 0) is 0 Å². The van der Waals surface area contributed by atoms with Gasteiger partial charge < -0.3 is 4.85 Å². The Morgan fingerprint density at radius 2 is 2.24 bits per heavy atom. The lowest BCUT2D eigenvalue weighted by Gasteiger charge is -2.38. The molecule has 2 aliphatic rings. The number of nitrogens with zero attached hydrogens (tertiary/aromatic N) is 1. The molecule has 2 aliphatic carbocycles. The van der Waals surface area contributed by atoms with Gasteiger partial charge in [-0.15, -0.1) is 6.58 Å². The molecule has 0 spiro atoms. The van der Waals surface area contributed by atoms with Crippen molar-refractivity contribution >= 4 is 0 Å².